The van der Waals surface area contributed by atoms with Gasteiger partial charge in [-0.25, -0.2) is 4.39 Å². The first-order valence-corrected chi connectivity index (χ1v) is 7.34. The molecule has 2 aromatic rings. The molecule has 102 valence electrons. The lowest BCUT2D eigenvalue weighted by Crippen LogP contribution is -2.18. The fourth-order valence-electron chi connectivity index (χ4n) is 2.28. The van der Waals surface area contributed by atoms with Crippen molar-refractivity contribution in [3.63, 3.8) is 0 Å². The maximum absolute atomic E-state index is 13.2. The molecule has 0 fully saturated rings. The van der Waals surface area contributed by atoms with Crippen LogP contribution in [0.1, 0.15) is 39.4 Å². The van der Waals surface area contributed by atoms with E-state index in [0.29, 0.717) is 6.54 Å². The van der Waals surface area contributed by atoms with Gasteiger partial charge >= 0.3 is 0 Å². The molecule has 1 nitrogen and oxygen atoms in total. The molecular weight excluding hydrogens is 257 g/mol. The predicted octanol–water partition coefficient (Wildman–Crippen LogP) is 4.66. The van der Waals surface area contributed by atoms with Gasteiger partial charge in [0.2, 0.25) is 0 Å². The van der Waals surface area contributed by atoms with E-state index in [1.165, 1.54) is 21.4 Å². The van der Waals surface area contributed by atoms with Gasteiger partial charge in [-0.05, 0) is 62.6 Å². The fraction of sp³-hybridized carbons (Fsp3) is 0.375. The largest absolute Gasteiger partial charge is 0.306 e. The Morgan fingerprint density at radius 3 is 2.58 bits per heavy atom. The third kappa shape index (κ3) is 3.43. The summed E-state index contributed by atoms with van der Waals surface area (Å²) in [6.45, 7) is 9.15. The second-order valence-electron chi connectivity index (χ2n) is 5.04. The minimum absolute atomic E-state index is 0.169. The molecule has 1 aromatic heterocycles. The summed E-state index contributed by atoms with van der Waals surface area (Å²) in [5.74, 6) is -0.169. The Balaban J connectivity index is 2.06. The Labute approximate surface area is 118 Å². The van der Waals surface area contributed by atoms with Crippen LogP contribution in [0.25, 0.3) is 0 Å². The normalized spacial score (nSPS) is 12.7. The summed E-state index contributed by atoms with van der Waals surface area (Å²) in [6.07, 6.45) is 0. The molecule has 1 aromatic carbocycles. The van der Waals surface area contributed by atoms with Crippen molar-refractivity contribution in [3.05, 3.63) is 56.5 Å². The topological polar surface area (TPSA) is 12.0 Å². The Bertz CT molecular complexity index is 574. The third-order valence-electron chi connectivity index (χ3n) is 3.46. The SMILES string of the molecule is Cc1cc(C(C)NCc2cc(F)ccc2C)c(C)s1. The van der Waals surface area contributed by atoms with Gasteiger partial charge in [0.15, 0.2) is 0 Å². The Kier molecular flexibility index (Phi) is 4.38. The van der Waals surface area contributed by atoms with Crippen LogP contribution in [-0.2, 0) is 6.54 Å². The standard InChI is InChI=1S/C16H20FNS/c1-10-5-6-15(17)8-14(10)9-18-12(3)16-7-11(2)19-13(16)4/h5-8,12,18H,9H2,1-4H3. The van der Waals surface area contributed by atoms with Gasteiger partial charge in [0.1, 0.15) is 5.82 Å². The zero-order valence-corrected chi connectivity index (χ0v) is 12.7. The van der Waals surface area contributed by atoms with Gasteiger partial charge in [-0.2, -0.15) is 0 Å². The van der Waals surface area contributed by atoms with Gasteiger partial charge in [-0.15, -0.1) is 11.3 Å². The van der Waals surface area contributed by atoms with Crippen LogP contribution in [0.15, 0.2) is 24.3 Å². The molecule has 1 N–H and O–H groups in total. The van der Waals surface area contributed by atoms with Crippen LogP contribution in [0.2, 0.25) is 0 Å². The molecule has 19 heavy (non-hydrogen) atoms. The summed E-state index contributed by atoms with van der Waals surface area (Å²) in [7, 11) is 0. The number of rotatable bonds is 4. The quantitative estimate of drug-likeness (QED) is 0.856. The van der Waals surface area contributed by atoms with E-state index in [-0.39, 0.29) is 11.9 Å². The fourth-order valence-corrected chi connectivity index (χ4v) is 3.31. The van der Waals surface area contributed by atoms with Crippen LogP contribution in [0.5, 0.6) is 0 Å². The molecule has 0 aliphatic carbocycles. The van der Waals surface area contributed by atoms with Crippen LogP contribution >= 0.6 is 11.3 Å². The summed E-state index contributed by atoms with van der Waals surface area (Å²) < 4.78 is 13.2. The van der Waals surface area contributed by atoms with Gasteiger partial charge in [0, 0.05) is 22.3 Å². The van der Waals surface area contributed by atoms with E-state index in [1.54, 1.807) is 6.07 Å². The van der Waals surface area contributed by atoms with Crippen molar-refractivity contribution in [1.29, 1.82) is 0 Å². The Morgan fingerprint density at radius 2 is 1.95 bits per heavy atom. The van der Waals surface area contributed by atoms with Gasteiger partial charge < -0.3 is 5.32 Å². The van der Waals surface area contributed by atoms with E-state index >= 15 is 0 Å². The van der Waals surface area contributed by atoms with Crippen molar-refractivity contribution in [2.75, 3.05) is 0 Å². The highest BCUT2D eigenvalue weighted by Gasteiger charge is 2.11. The number of benzene rings is 1. The minimum atomic E-state index is -0.169. The molecule has 0 spiro atoms. The lowest BCUT2D eigenvalue weighted by Gasteiger charge is -2.15. The van der Waals surface area contributed by atoms with Gasteiger partial charge in [0.05, 0.1) is 0 Å². The third-order valence-corrected chi connectivity index (χ3v) is 4.44. The Hall–Kier alpha value is -1.19. The molecule has 1 unspecified atom stereocenters. The van der Waals surface area contributed by atoms with Crippen molar-refractivity contribution >= 4 is 11.3 Å². The second kappa shape index (κ2) is 5.85. The van der Waals surface area contributed by atoms with E-state index in [1.807, 2.05) is 24.3 Å². The second-order valence-corrected chi connectivity index (χ2v) is 6.50. The highest BCUT2D eigenvalue weighted by Crippen LogP contribution is 2.26. The highest BCUT2D eigenvalue weighted by molar-refractivity contribution is 7.12. The molecule has 0 aliphatic heterocycles. The Morgan fingerprint density at radius 1 is 1.21 bits per heavy atom. The monoisotopic (exact) mass is 277 g/mol. The smallest absolute Gasteiger partial charge is 0.123 e. The van der Waals surface area contributed by atoms with E-state index < -0.39 is 0 Å². The summed E-state index contributed by atoms with van der Waals surface area (Å²) in [5.41, 5.74) is 3.49. The molecule has 0 saturated heterocycles. The molecule has 2 rings (SSSR count). The van der Waals surface area contributed by atoms with Crippen molar-refractivity contribution in [2.45, 2.75) is 40.3 Å². The summed E-state index contributed by atoms with van der Waals surface area (Å²) in [4.78, 5) is 2.69. The number of hydrogen-bond acceptors (Lipinski definition) is 2. The molecule has 0 amide bonds. The maximum atomic E-state index is 13.2. The zero-order valence-electron chi connectivity index (χ0n) is 11.9. The number of hydrogen-bond donors (Lipinski definition) is 1. The van der Waals surface area contributed by atoms with Crippen molar-refractivity contribution in [1.82, 2.24) is 5.32 Å². The van der Waals surface area contributed by atoms with Crippen LogP contribution in [0.4, 0.5) is 4.39 Å². The average Bonchev–Trinajstić information content (AvgIpc) is 2.69. The molecule has 0 saturated carbocycles. The van der Waals surface area contributed by atoms with Gasteiger partial charge in [-0.1, -0.05) is 6.07 Å². The lowest BCUT2D eigenvalue weighted by molar-refractivity contribution is 0.567. The highest BCUT2D eigenvalue weighted by atomic mass is 32.1. The molecule has 3 heteroatoms. The number of aryl methyl sites for hydroxylation is 3. The zero-order chi connectivity index (χ0) is 14.0. The summed E-state index contributed by atoms with van der Waals surface area (Å²) in [5, 5.41) is 3.48. The number of nitrogens with one attached hydrogen (secondary N) is 1. The summed E-state index contributed by atoms with van der Waals surface area (Å²) in [6, 6.07) is 7.47. The predicted molar refractivity (Wildman–Crippen MR) is 80.2 cm³/mol. The molecule has 0 bridgehead atoms. The summed E-state index contributed by atoms with van der Waals surface area (Å²) >= 11 is 1.82. The van der Waals surface area contributed by atoms with Crippen LogP contribution in [0, 0.1) is 26.6 Å². The van der Waals surface area contributed by atoms with Crippen LogP contribution in [-0.4, -0.2) is 0 Å². The average molecular weight is 277 g/mol. The number of halogens is 1. The van der Waals surface area contributed by atoms with Crippen molar-refractivity contribution < 1.29 is 4.39 Å². The first-order valence-electron chi connectivity index (χ1n) is 6.52. The first kappa shape index (κ1) is 14.2. The van der Waals surface area contributed by atoms with Crippen LogP contribution in [0.3, 0.4) is 0 Å². The van der Waals surface area contributed by atoms with Crippen molar-refractivity contribution in [2.24, 2.45) is 0 Å². The molecule has 1 atom stereocenters. The number of thiophene rings is 1. The molecular formula is C16H20FNS. The van der Waals surface area contributed by atoms with Gasteiger partial charge in [0.25, 0.3) is 0 Å². The molecule has 1 heterocycles. The lowest BCUT2D eigenvalue weighted by atomic mass is 10.1. The van der Waals surface area contributed by atoms with Crippen molar-refractivity contribution in [3.8, 4) is 0 Å². The molecule has 0 radical (unpaired) electrons. The molecule has 0 aliphatic rings. The van der Waals surface area contributed by atoms with Gasteiger partial charge in [-0.3, -0.25) is 0 Å². The van der Waals surface area contributed by atoms with E-state index in [9.17, 15) is 4.39 Å². The van der Waals surface area contributed by atoms with E-state index in [4.69, 9.17) is 0 Å². The maximum Gasteiger partial charge on any atom is 0.123 e. The van der Waals surface area contributed by atoms with E-state index in [2.05, 4.69) is 32.2 Å². The minimum Gasteiger partial charge on any atom is -0.306 e. The first-order chi connectivity index (χ1) is 8.97. The van der Waals surface area contributed by atoms with E-state index in [0.717, 1.165) is 11.1 Å². The van der Waals surface area contributed by atoms with Crippen LogP contribution < -0.4 is 5.32 Å².